The summed E-state index contributed by atoms with van der Waals surface area (Å²) in [6.07, 6.45) is 0. The quantitative estimate of drug-likeness (QED) is 0.464. The molecular weight excluding hydrogens is 433 g/mol. The lowest BCUT2D eigenvalue weighted by molar-refractivity contribution is 0.0955. The van der Waals surface area contributed by atoms with Crippen LogP contribution in [0.25, 0.3) is 16.9 Å². The lowest BCUT2D eigenvalue weighted by Crippen LogP contribution is -2.22. The molecule has 0 saturated carbocycles. The molecule has 0 saturated heterocycles. The molecule has 4 aromatic rings. The highest BCUT2D eigenvalue weighted by Crippen LogP contribution is 2.39. The number of rotatable bonds is 3. The maximum atomic E-state index is 13.5. The van der Waals surface area contributed by atoms with Crippen molar-refractivity contribution in [1.29, 1.82) is 0 Å². The van der Waals surface area contributed by atoms with E-state index in [0.717, 1.165) is 26.9 Å². The Morgan fingerprint density at radius 3 is 2.31 bits per heavy atom. The summed E-state index contributed by atoms with van der Waals surface area (Å²) in [7, 11) is 0. The van der Waals surface area contributed by atoms with Gasteiger partial charge in [-0.15, -0.1) is 0 Å². The summed E-state index contributed by atoms with van der Waals surface area (Å²) in [5.74, 6) is -0.536. The largest absolute Gasteiger partial charge is 0.340 e. The Hall–Kier alpha value is -3.25. The zero-order valence-electron chi connectivity index (χ0n) is 15.1. The van der Waals surface area contributed by atoms with E-state index in [1.54, 1.807) is 16.8 Å². The number of amides is 1. The number of hydrogen-bond acceptors (Lipinski definition) is 2. The molecule has 5 rings (SSSR count). The third kappa shape index (κ3) is 3.06. The van der Waals surface area contributed by atoms with E-state index in [9.17, 15) is 9.18 Å². The third-order valence-electron chi connectivity index (χ3n) is 5.02. The molecule has 1 aromatic heterocycles. The maximum Gasteiger partial charge on any atom is 0.272 e. The molecule has 1 amide bonds. The Morgan fingerprint density at radius 1 is 0.931 bits per heavy atom. The summed E-state index contributed by atoms with van der Waals surface area (Å²) in [5.41, 5.74) is 4.63. The number of hydrogen-bond donors (Lipinski definition) is 1. The van der Waals surface area contributed by atoms with Crippen LogP contribution < -0.4 is 5.32 Å². The van der Waals surface area contributed by atoms with Gasteiger partial charge in [0.25, 0.3) is 5.91 Å². The molecule has 1 unspecified atom stereocenters. The van der Waals surface area contributed by atoms with E-state index in [1.165, 1.54) is 12.1 Å². The van der Waals surface area contributed by atoms with Gasteiger partial charge in [-0.25, -0.2) is 9.07 Å². The highest BCUT2D eigenvalue weighted by Gasteiger charge is 2.37. The minimum Gasteiger partial charge on any atom is -0.340 e. The highest BCUT2D eigenvalue weighted by atomic mass is 79.9. The molecule has 1 N–H and O–H groups in total. The number of aromatic nitrogens is 2. The fraction of sp³-hybridized carbons (Fsp3) is 0.0435. The third-order valence-corrected chi connectivity index (χ3v) is 5.55. The smallest absolute Gasteiger partial charge is 0.272 e. The molecule has 0 aliphatic carbocycles. The standard InChI is InChI=1S/C23H15BrFN3O/c24-16-8-6-14(7-9-16)20-19-21(23(29)26-20)27-28(18-12-10-17(25)11-13-18)22(19)15-4-2-1-3-5-15/h1-13,20H,(H,26,29). The Morgan fingerprint density at radius 2 is 1.62 bits per heavy atom. The van der Waals surface area contributed by atoms with Crippen molar-refractivity contribution < 1.29 is 9.18 Å². The predicted octanol–water partition coefficient (Wildman–Crippen LogP) is 5.27. The lowest BCUT2D eigenvalue weighted by atomic mass is 9.96. The van der Waals surface area contributed by atoms with Crippen LogP contribution in [0.1, 0.15) is 27.7 Å². The molecule has 0 bridgehead atoms. The SMILES string of the molecule is O=C1NC(c2ccc(Br)cc2)c2c1nn(-c1ccc(F)cc1)c2-c1ccccc1. The number of carbonyl (C=O) groups is 1. The van der Waals surface area contributed by atoms with Gasteiger partial charge in [-0.3, -0.25) is 4.79 Å². The zero-order valence-corrected chi connectivity index (χ0v) is 16.7. The van der Waals surface area contributed by atoms with E-state index in [-0.39, 0.29) is 17.8 Å². The van der Waals surface area contributed by atoms with Gasteiger partial charge in [-0.1, -0.05) is 58.4 Å². The van der Waals surface area contributed by atoms with Crippen molar-refractivity contribution in [3.63, 3.8) is 0 Å². The molecule has 1 aliphatic rings. The van der Waals surface area contributed by atoms with E-state index < -0.39 is 0 Å². The van der Waals surface area contributed by atoms with Gasteiger partial charge in [-0.2, -0.15) is 5.10 Å². The van der Waals surface area contributed by atoms with Gasteiger partial charge in [0.15, 0.2) is 5.69 Å². The number of halogens is 2. The Bertz CT molecular complexity index is 1200. The van der Waals surface area contributed by atoms with Gasteiger partial charge >= 0.3 is 0 Å². The summed E-state index contributed by atoms with van der Waals surface area (Å²) >= 11 is 3.45. The van der Waals surface area contributed by atoms with Gasteiger partial charge in [0.2, 0.25) is 0 Å². The molecule has 0 fully saturated rings. The van der Waals surface area contributed by atoms with Crippen molar-refractivity contribution in [2.45, 2.75) is 6.04 Å². The second-order valence-electron chi connectivity index (χ2n) is 6.82. The van der Waals surface area contributed by atoms with Crippen LogP contribution in [-0.4, -0.2) is 15.7 Å². The van der Waals surface area contributed by atoms with Crippen LogP contribution in [0.2, 0.25) is 0 Å². The molecule has 142 valence electrons. The van der Waals surface area contributed by atoms with Crippen molar-refractivity contribution in [1.82, 2.24) is 15.1 Å². The van der Waals surface area contributed by atoms with Gasteiger partial charge in [0, 0.05) is 15.6 Å². The molecular formula is C23H15BrFN3O. The second-order valence-corrected chi connectivity index (χ2v) is 7.74. The van der Waals surface area contributed by atoms with Crippen LogP contribution in [0, 0.1) is 5.82 Å². The molecule has 6 heteroatoms. The summed E-state index contributed by atoms with van der Waals surface area (Å²) < 4.78 is 16.2. The van der Waals surface area contributed by atoms with Crippen LogP contribution in [0.3, 0.4) is 0 Å². The van der Waals surface area contributed by atoms with Gasteiger partial charge in [0.05, 0.1) is 17.4 Å². The summed E-state index contributed by atoms with van der Waals surface area (Å²) in [6, 6.07) is 23.5. The highest BCUT2D eigenvalue weighted by molar-refractivity contribution is 9.10. The zero-order chi connectivity index (χ0) is 20.0. The van der Waals surface area contributed by atoms with E-state index >= 15 is 0 Å². The topological polar surface area (TPSA) is 46.9 Å². The first-order chi connectivity index (χ1) is 14.1. The average Bonchev–Trinajstić information content (AvgIpc) is 3.28. The number of benzene rings is 3. The molecule has 29 heavy (non-hydrogen) atoms. The predicted molar refractivity (Wildman–Crippen MR) is 112 cm³/mol. The fourth-order valence-electron chi connectivity index (χ4n) is 3.69. The number of carbonyl (C=O) groups excluding carboxylic acids is 1. The molecule has 2 heterocycles. The number of fused-ring (bicyclic) bond motifs is 1. The second kappa shape index (κ2) is 6.97. The average molecular weight is 448 g/mol. The maximum absolute atomic E-state index is 13.5. The van der Waals surface area contributed by atoms with Crippen molar-refractivity contribution in [3.8, 4) is 16.9 Å². The van der Waals surface area contributed by atoms with Crippen molar-refractivity contribution in [2.75, 3.05) is 0 Å². The van der Waals surface area contributed by atoms with Gasteiger partial charge in [0.1, 0.15) is 5.82 Å². The molecule has 4 nitrogen and oxygen atoms in total. The molecule has 1 aliphatic heterocycles. The normalized spacial score (nSPS) is 15.2. The van der Waals surface area contributed by atoms with Crippen molar-refractivity contribution >= 4 is 21.8 Å². The molecule has 0 radical (unpaired) electrons. The first kappa shape index (κ1) is 17.8. The molecule has 3 aromatic carbocycles. The van der Waals surface area contributed by atoms with Gasteiger partial charge in [-0.05, 0) is 42.0 Å². The summed E-state index contributed by atoms with van der Waals surface area (Å²) in [5, 5.41) is 7.66. The minimum absolute atomic E-state index is 0.217. The minimum atomic E-state index is -0.319. The van der Waals surface area contributed by atoms with Gasteiger partial charge < -0.3 is 5.32 Å². The van der Waals surface area contributed by atoms with Crippen molar-refractivity contribution in [3.05, 3.63) is 106 Å². The Kier molecular flexibility index (Phi) is 4.28. The first-order valence-corrected chi connectivity index (χ1v) is 9.92. The van der Waals surface area contributed by atoms with Crippen LogP contribution in [0.5, 0.6) is 0 Å². The summed E-state index contributed by atoms with van der Waals surface area (Å²) in [4.78, 5) is 12.7. The Balaban J connectivity index is 1.76. The Labute approximate surface area is 175 Å². The molecule has 1 atom stereocenters. The summed E-state index contributed by atoms with van der Waals surface area (Å²) in [6.45, 7) is 0. The lowest BCUT2D eigenvalue weighted by Gasteiger charge is -2.16. The van der Waals surface area contributed by atoms with E-state index in [2.05, 4.69) is 26.3 Å². The van der Waals surface area contributed by atoms with Crippen molar-refractivity contribution in [2.24, 2.45) is 0 Å². The van der Waals surface area contributed by atoms with Crippen LogP contribution in [0.15, 0.2) is 83.3 Å². The van der Waals surface area contributed by atoms with E-state index in [0.29, 0.717) is 11.4 Å². The van der Waals surface area contributed by atoms with E-state index in [4.69, 9.17) is 0 Å². The number of nitrogens with zero attached hydrogens (tertiary/aromatic N) is 2. The van der Waals surface area contributed by atoms with Crippen LogP contribution in [0.4, 0.5) is 4.39 Å². The molecule has 0 spiro atoms. The fourth-order valence-corrected chi connectivity index (χ4v) is 3.96. The van der Waals surface area contributed by atoms with E-state index in [1.807, 2.05) is 54.6 Å². The first-order valence-electron chi connectivity index (χ1n) is 9.12. The van der Waals surface area contributed by atoms with Crippen LogP contribution in [-0.2, 0) is 0 Å². The van der Waals surface area contributed by atoms with Crippen LogP contribution >= 0.6 is 15.9 Å². The monoisotopic (exact) mass is 447 g/mol. The number of nitrogens with one attached hydrogen (secondary N) is 1.